The fourth-order valence-electron chi connectivity index (χ4n) is 3.82. The molecule has 1 aliphatic rings. The minimum Gasteiger partial charge on any atom is -0.481 e. The number of carboxylic acid groups (broad SMARTS) is 1. The number of carboxylic acids is 1. The van der Waals surface area contributed by atoms with Gasteiger partial charge in [-0.05, 0) is 30.4 Å². The third-order valence-corrected chi connectivity index (χ3v) is 5.94. The smallest absolute Gasteiger partial charge is 0.481 e. The minimum absolute atomic E-state index is 0.153. The molecule has 204 valence electrons. The molecule has 1 aromatic carbocycles. The van der Waals surface area contributed by atoms with E-state index in [1.807, 2.05) is 0 Å². The number of likely N-dealkylation sites (tertiary alicyclic amines) is 1. The van der Waals surface area contributed by atoms with Gasteiger partial charge in [0.05, 0.1) is 23.0 Å². The molecule has 3 N–H and O–H groups in total. The van der Waals surface area contributed by atoms with Crippen molar-refractivity contribution in [3.63, 3.8) is 0 Å². The highest BCUT2D eigenvalue weighted by Crippen LogP contribution is 2.33. The van der Waals surface area contributed by atoms with Gasteiger partial charge in [-0.15, -0.1) is 13.2 Å². The van der Waals surface area contributed by atoms with Crippen LogP contribution in [0.15, 0.2) is 18.2 Å². The van der Waals surface area contributed by atoms with Crippen LogP contribution in [0.1, 0.15) is 50.4 Å². The molecule has 0 aromatic heterocycles. The van der Waals surface area contributed by atoms with Crippen LogP contribution in [0.5, 0.6) is 5.75 Å². The van der Waals surface area contributed by atoms with Crippen LogP contribution in [0.25, 0.3) is 0 Å². The fourth-order valence-corrected chi connectivity index (χ4v) is 4.07. The van der Waals surface area contributed by atoms with Crippen LogP contribution < -0.4 is 15.4 Å². The number of carbonyl (C=O) groups is 5. The Bertz CT molecular complexity index is 1060. The lowest BCUT2D eigenvalue weighted by Gasteiger charge is -2.35. The van der Waals surface area contributed by atoms with Gasteiger partial charge in [0.15, 0.2) is 0 Å². The topological polar surface area (TPSA) is 142 Å². The maximum Gasteiger partial charge on any atom is 0.573 e. The second-order valence-electron chi connectivity index (χ2n) is 9.48. The molecule has 0 bridgehead atoms. The Labute approximate surface area is 215 Å². The maximum atomic E-state index is 13.5. The molecule has 3 atom stereocenters. The summed E-state index contributed by atoms with van der Waals surface area (Å²) in [7, 11) is 0. The Hall–Kier alpha value is -3.35. The van der Waals surface area contributed by atoms with E-state index in [0.29, 0.717) is 6.42 Å². The number of alkyl halides is 3. The summed E-state index contributed by atoms with van der Waals surface area (Å²) in [5.74, 6) is -4.38. The summed E-state index contributed by atoms with van der Waals surface area (Å²) in [4.78, 5) is 62.5. The number of benzene rings is 1. The van der Waals surface area contributed by atoms with Crippen molar-refractivity contribution in [1.29, 1.82) is 0 Å². The average Bonchev–Trinajstić information content (AvgIpc) is 3.26. The first kappa shape index (κ1) is 29.9. The monoisotopic (exact) mass is 549 g/mol. The van der Waals surface area contributed by atoms with Gasteiger partial charge in [0.2, 0.25) is 11.8 Å². The molecule has 1 aliphatic heterocycles. The fraction of sp³-hybridized carbons (Fsp3) is 0.522. The predicted molar refractivity (Wildman–Crippen MR) is 124 cm³/mol. The zero-order valence-electron chi connectivity index (χ0n) is 20.2. The molecule has 1 fully saturated rings. The van der Waals surface area contributed by atoms with E-state index in [4.69, 9.17) is 16.7 Å². The van der Waals surface area contributed by atoms with Gasteiger partial charge in [-0.3, -0.25) is 19.2 Å². The van der Waals surface area contributed by atoms with E-state index in [2.05, 4.69) is 15.4 Å². The molecule has 10 nitrogen and oxygen atoms in total. The summed E-state index contributed by atoms with van der Waals surface area (Å²) in [6.45, 7) is 5.07. The highest BCUT2D eigenvalue weighted by Gasteiger charge is 2.42. The molecule has 1 saturated heterocycles. The van der Waals surface area contributed by atoms with Gasteiger partial charge in [-0.25, -0.2) is 0 Å². The summed E-state index contributed by atoms with van der Waals surface area (Å²) >= 11 is 5.97. The molecule has 1 aromatic rings. The quantitative estimate of drug-likeness (QED) is 0.402. The summed E-state index contributed by atoms with van der Waals surface area (Å²) < 4.78 is 41.8. The third kappa shape index (κ3) is 8.07. The first-order chi connectivity index (χ1) is 17.0. The average molecular weight is 550 g/mol. The van der Waals surface area contributed by atoms with Crippen LogP contribution in [0, 0.1) is 5.41 Å². The molecule has 3 amide bonds. The van der Waals surface area contributed by atoms with Crippen LogP contribution in [0.4, 0.5) is 13.2 Å². The lowest BCUT2D eigenvalue weighted by atomic mass is 9.85. The Morgan fingerprint density at radius 3 is 2.41 bits per heavy atom. The molecule has 0 saturated carbocycles. The largest absolute Gasteiger partial charge is 0.573 e. The number of aliphatic carboxylic acids is 1. The number of halogens is 4. The molecular weight excluding hydrogens is 523 g/mol. The van der Waals surface area contributed by atoms with E-state index >= 15 is 0 Å². The Balaban J connectivity index is 2.26. The zero-order valence-corrected chi connectivity index (χ0v) is 21.0. The number of nitrogens with zero attached hydrogens (tertiary/aromatic N) is 1. The minimum atomic E-state index is -5.04. The van der Waals surface area contributed by atoms with Crippen molar-refractivity contribution in [2.45, 2.75) is 64.5 Å². The Kier molecular flexibility index (Phi) is 9.53. The van der Waals surface area contributed by atoms with E-state index in [0.717, 1.165) is 12.1 Å². The Morgan fingerprint density at radius 2 is 1.86 bits per heavy atom. The summed E-state index contributed by atoms with van der Waals surface area (Å²) in [5, 5.41) is 13.1. The van der Waals surface area contributed by atoms with Crippen molar-refractivity contribution in [3.05, 3.63) is 28.8 Å². The number of rotatable bonds is 9. The van der Waals surface area contributed by atoms with Gasteiger partial charge in [-0.1, -0.05) is 38.4 Å². The summed E-state index contributed by atoms with van der Waals surface area (Å²) in [6, 6.07) is -0.288. The number of hydrogen-bond acceptors (Lipinski definition) is 6. The van der Waals surface area contributed by atoms with Gasteiger partial charge in [0.1, 0.15) is 24.1 Å². The maximum absolute atomic E-state index is 13.5. The normalized spacial score (nSPS) is 17.5. The standard InChI is InChI=1S/C23H27ClF3N3O7/c1-22(2,3)18(29-19(34)13-6-4-8-15(17(13)24)37-23(25,26)27)21(36)30-9-5-7-14(30)20(35)28-12(11-31)10-16(32)33/h4,6,8,11-12,14,18H,5,7,9-10H2,1-3H3,(H,28,35)(H,29,34)(H,32,33)/t12-,14-,18+/m0/s1. The van der Waals surface area contributed by atoms with Crippen LogP contribution in [-0.4, -0.2) is 71.0 Å². The number of ether oxygens (including phenoxy) is 1. The molecule has 0 unspecified atom stereocenters. The van der Waals surface area contributed by atoms with Crippen molar-refractivity contribution >= 4 is 41.6 Å². The summed E-state index contributed by atoms with van der Waals surface area (Å²) in [6.07, 6.45) is -4.72. The first-order valence-corrected chi connectivity index (χ1v) is 11.6. The summed E-state index contributed by atoms with van der Waals surface area (Å²) in [5.41, 5.74) is -1.26. The molecule has 2 rings (SSSR count). The van der Waals surface area contributed by atoms with E-state index < -0.39 is 70.8 Å². The van der Waals surface area contributed by atoms with Crippen LogP contribution in [0.3, 0.4) is 0 Å². The zero-order chi connectivity index (χ0) is 28.1. The van der Waals surface area contributed by atoms with Crippen molar-refractivity contribution in [1.82, 2.24) is 15.5 Å². The number of nitrogens with one attached hydrogen (secondary N) is 2. The van der Waals surface area contributed by atoms with Crippen LogP contribution in [0.2, 0.25) is 5.02 Å². The van der Waals surface area contributed by atoms with Crippen LogP contribution in [-0.2, 0) is 19.2 Å². The number of amides is 3. The van der Waals surface area contributed by atoms with Gasteiger partial charge < -0.3 is 30.2 Å². The second kappa shape index (κ2) is 11.8. The van der Waals surface area contributed by atoms with Gasteiger partial charge in [0.25, 0.3) is 5.91 Å². The van der Waals surface area contributed by atoms with E-state index in [1.165, 1.54) is 11.0 Å². The van der Waals surface area contributed by atoms with E-state index in [9.17, 15) is 37.1 Å². The molecule has 0 aliphatic carbocycles. The number of aldehydes is 1. The SMILES string of the molecule is CC(C)(C)[C@H](NC(=O)c1cccc(OC(F)(F)F)c1Cl)C(=O)N1CCC[C@H]1C(=O)N[C@H](C=O)CC(=O)O. The molecular formula is C23H27ClF3N3O7. The van der Waals surface area contributed by atoms with Crippen molar-refractivity contribution in [2.24, 2.45) is 5.41 Å². The molecule has 37 heavy (non-hydrogen) atoms. The first-order valence-electron chi connectivity index (χ1n) is 11.2. The number of hydrogen-bond donors (Lipinski definition) is 3. The van der Waals surface area contributed by atoms with Gasteiger partial charge >= 0.3 is 12.3 Å². The lowest BCUT2D eigenvalue weighted by Crippen LogP contribution is -2.58. The molecule has 14 heteroatoms. The predicted octanol–water partition coefficient (Wildman–Crippen LogP) is 2.53. The van der Waals surface area contributed by atoms with E-state index in [1.54, 1.807) is 20.8 Å². The highest BCUT2D eigenvalue weighted by atomic mass is 35.5. The van der Waals surface area contributed by atoms with Gasteiger partial charge in [0, 0.05) is 6.54 Å². The van der Waals surface area contributed by atoms with Crippen molar-refractivity contribution < 1.29 is 47.0 Å². The molecule has 0 radical (unpaired) electrons. The van der Waals surface area contributed by atoms with E-state index in [-0.39, 0.29) is 24.8 Å². The van der Waals surface area contributed by atoms with Gasteiger partial charge in [-0.2, -0.15) is 0 Å². The second-order valence-corrected chi connectivity index (χ2v) is 9.85. The highest BCUT2D eigenvalue weighted by molar-refractivity contribution is 6.35. The number of carbonyl (C=O) groups excluding carboxylic acids is 4. The van der Waals surface area contributed by atoms with Crippen molar-refractivity contribution in [2.75, 3.05) is 6.54 Å². The third-order valence-electron chi connectivity index (χ3n) is 5.55. The molecule has 0 spiro atoms. The van der Waals surface area contributed by atoms with Crippen molar-refractivity contribution in [3.8, 4) is 5.75 Å². The van der Waals surface area contributed by atoms with Crippen LogP contribution >= 0.6 is 11.6 Å². The Morgan fingerprint density at radius 1 is 1.22 bits per heavy atom. The molecule has 1 heterocycles. The lowest BCUT2D eigenvalue weighted by molar-refractivity contribution is -0.274.